The van der Waals surface area contributed by atoms with E-state index in [0.29, 0.717) is 12.8 Å². The molecule has 0 saturated carbocycles. The summed E-state index contributed by atoms with van der Waals surface area (Å²) in [5.74, 6) is -0.673. The van der Waals surface area contributed by atoms with E-state index in [4.69, 9.17) is 5.73 Å². The predicted octanol–water partition coefficient (Wildman–Crippen LogP) is 1.55. The van der Waals surface area contributed by atoms with Gasteiger partial charge in [-0.2, -0.15) is 0 Å². The van der Waals surface area contributed by atoms with E-state index in [2.05, 4.69) is 4.72 Å². The maximum Gasteiger partial charge on any atom is 0.241 e. The summed E-state index contributed by atoms with van der Waals surface area (Å²) < 4.78 is 40.7. The largest absolute Gasteiger partial charge is 0.398 e. The third-order valence-corrected chi connectivity index (χ3v) is 5.23. The van der Waals surface area contributed by atoms with Gasteiger partial charge in [0.15, 0.2) is 0 Å². The van der Waals surface area contributed by atoms with Gasteiger partial charge in [-0.3, -0.25) is 0 Å². The average Bonchev–Trinajstić information content (AvgIpc) is 2.41. The van der Waals surface area contributed by atoms with Gasteiger partial charge in [0, 0.05) is 11.3 Å². The molecule has 0 fully saturated rings. The zero-order chi connectivity index (χ0) is 15.6. The zero-order valence-electron chi connectivity index (χ0n) is 11.9. The van der Waals surface area contributed by atoms with Gasteiger partial charge >= 0.3 is 0 Å². The van der Waals surface area contributed by atoms with Crippen molar-refractivity contribution in [2.75, 3.05) is 12.3 Å². The number of nitrogens with one attached hydrogen (secondary N) is 1. The highest BCUT2D eigenvalue weighted by Crippen LogP contribution is 2.24. The smallest absolute Gasteiger partial charge is 0.241 e. The SMILES string of the molecule is CCC(CC)(CO)NS(=O)(=O)c1cc(N)c(C)c(F)c1. The fourth-order valence-corrected chi connectivity index (χ4v) is 3.41. The molecule has 1 rings (SSSR count). The number of aliphatic hydroxyl groups is 1. The summed E-state index contributed by atoms with van der Waals surface area (Å²) in [5, 5.41) is 9.41. The Balaban J connectivity index is 3.24. The molecule has 7 heteroatoms. The lowest BCUT2D eigenvalue weighted by Crippen LogP contribution is -2.50. The number of hydrogen-bond donors (Lipinski definition) is 3. The van der Waals surface area contributed by atoms with Crippen LogP contribution in [0.4, 0.5) is 10.1 Å². The summed E-state index contributed by atoms with van der Waals surface area (Å²) >= 11 is 0. The van der Waals surface area contributed by atoms with E-state index in [1.165, 1.54) is 13.0 Å². The molecule has 0 aliphatic heterocycles. The average molecular weight is 304 g/mol. The van der Waals surface area contributed by atoms with Crippen molar-refractivity contribution >= 4 is 15.7 Å². The molecule has 1 aromatic carbocycles. The molecule has 0 aliphatic carbocycles. The van der Waals surface area contributed by atoms with Crippen LogP contribution in [0.2, 0.25) is 0 Å². The molecule has 0 amide bonds. The van der Waals surface area contributed by atoms with E-state index in [-0.39, 0.29) is 22.8 Å². The number of nitrogen functional groups attached to an aromatic ring is 1. The van der Waals surface area contributed by atoms with Crippen LogP contribution in [0.5, 0.6) is 0 Å². The maximum atomic E-state index is 13.6. The normalized spacial score (nSPS) is 12.7. The molecule has 0 atom stereocenters. The van der Waals surface area contributed by atoms with Crippen LogP contribution < -0.4 is 10.5 Å². The summed E-state index contributed by atoms with van der Waals surface area (Å²) in [6.07, 6.45) is 0.839. The Morgan fingerprint density at radius 2 is 1.90 bits per heavy atom. The number of aliphatic hydroxyl groups excluding tert-OH is 1. The molecule has 0 saturated heterocycles. The van der Waals surface area contributed by atoms with Crippen molar-refractivity contribution in [3.63, 3.8) is 0 Å². The van der Waals surface area contributed by atoms with E-state index in [1.54, 1.807) is 13.8 Å². The second kappa shape index (κ2) is 6.07. The van der Waals surface area contributed by atoms with Gasteiger partial charge in [0.1, 0.15) is 5.82 Å². The van der Waals surface area contributed by atoms with Crippen molar-refractivity contribution in [1.82, 2.24) is 4.72 Å². The van der Waals surface area contributed by atoms with Crippen LogP contribution in [0.1, 0.15) is 32.3 Å². The second-order valence-electron chi connectivity index (χ2n) is 4.87. The van der Waals surface area contributed by atoms with E-state index in [0.717, 1.165) is 6.07 Å². The first kappa shape index (κ1) is 16.9. The van der Waals surface area contributed by atoms with Crippen molar-refractivity contribution in [3.05, 3.63) is 23.5 Å². The standard InChI is InChI=1S/C13H21FN2O3S/c1-4-13(5-2,8-17)16-20(18,19)10-6-11(14)9(3)12(15)7-10/h6-7,16-17H,4-5,8,15H2,1-3H3. The summed E-state index contributed by atoms with van der Waals surface area (Å²) in [4.78, 5) is -0.238. The number of nitrogens with two attached hydrogens (primary N) is 1. The molecule has 20 heavy (non-hydrogen) atoms. The van der Waals surface area contributed by atoms with Crippen LogP contribution in [0, 0.1) is 12.7 Å². The Morgan fingerprint density at radius 1 is 1.35 bits per heavy atom. The van der Waals surface area contributed by atoms with Crippen molar-refractivity contribution in [3.8, 4) is 0 Å². The van der Waals surface area contributed by atoms with Gasteiger partial charge in [0.25, 0.3) is 0 Å². The van der Waals surface area contributed by atoms with Crippen molar-refractivity contribution < 1.29 is 17.9 Å². The van der Waals surface area contributed by atoms with E-state index < -0.39 is 21.4 Å². The number of hydrogen-bond acceptors (Lipinski definition) is 4. The zero-order valence-corrected chi connectivity index (χ0v) is 12.7. The van der Waals surface area contributed by atoms with Gasteiger partial charge in [-0.15, -0.1) is 0 Å². The number of rotatable bonds is 6. The Bertz CT molecular complexity index is 552. The first-order valence-corrected chi connectivity index (χ1v) is 7.90. The van der Waals surface area contributed by atoms with Crippen LogP contribution in [-0.2, 0) is 10.0 Å². The minimum absolute atomic E-state index is 0.0768. The molecule has 0 aliphatic rings. The van der Waals surface area contributed by atoms with Gasteiger partial charge in [-0.1, -0.05) is 13.8 Å². The lowest BCUT2D eigenvalue weighted by atomic mass is 9.96. The summed E-state index contributed by atoms with van der Waals surface area (Å²) in [7, 11) is -3.95. The molecule has 0 bridgehead atoms. The Hall–Kier alpha value is -1.18. The minimum Gasteiger partial charge on any atom is -0.398 e. The molecule has 5 nitrogen and oxygen atoms in total. The quantitative estimate of drug-likeness (QED) is 0.695. The number of sulfonamides is 1. The Labute approximate surface area is 119 Å². The second-order valence-corrected chi connectivity index (χ2v) is 6.55. The first-order chi connectivity index (χ1) is 9.21. The highest BCUT2D eigenvalue weighted by atomic mass is 32.2. The van der Waals surface area contributed by atoms with E-state index in [1.807, 2.05) is 0 Å². The highest BCUT2D eigenvalue weighted by molar-refractivity contribution is 7.89. The summed E-state index contributed by atoms with van der Waals surface area (Å²) in [6, 6.07) is 2.15. The van der Waals surface area contributed by atoms with Gasteiger partial charge in [-0.25, -0.2) is 17.5 Å². The summed E-state index contributed by atoms with van der Waals surface area (Å²) in [5.41, 5.74) is 4.94. The van der Waals surface area contributed by atoms with Gasteiger partial charge in [-0.05, 0) is 31.9 Å². The predicted molar refractivity (Wildman–Crippen MR) is 76.3 cm³/mol. The molecule has 114 valence electrons. The minimum atomic E-state index is -3.95. The fraction of sp³-hybridized carbons (Fsp3) is 0.538. The summed E-state index contributed by atoms with van der Waals surface area (Å²) in [6.45, 7) is 4.69. The molecule has 0 spiro atoms. The van der Waals surface area contributed by atoms with Gasteiger partial charge < -0.3 is 10.8 Å². The van der Waals surface area contributed by atoms with Crippen LogP contribution in [-0.4, -0.2) is 25.7 Å². The van der Waals surface area contributed by atoms with Crippen molar-refractivity contribution in [2.24, 2.45) is 0 Å². The molecular weight excluding hydrogens is 283 g/mol. The molecule has 1 aromatic rings. The van der Waals surface area contributed by atoms with Crippen molar-refractivity contribution in [2.45, 2.75) is 44.0 Å². The molecule has 0 aromatic heterocycles. The molecule has 0 heterocycles. The molecular formula is C13H21FN2O3S. The third-order valence-electron chi connectivity index (χ3n) is 3.68. The van der Waals surface area contributed by atoms with Crippen LogP contribution in [0.3, 0.4) is 0 Å². The topological polar surface area (TPSA) is 92.4 Å². The monoisotopic (exact) mass is 304 g/mol. The molecule has 0 unspecified atom stereocenters. The fourth-order valence-electron chi connectivity index (χ4n) is 1.82. The molecule has 0 radical (unpaired) electrons. The van der Waals surface area contributed by atoms with E-state index >= 15 is 0 Å². The number of anilines is 1. The van der Waals surface area contributed by atoms with Crippen LogP contribution in [0.25, 0.3) is 0 Å². The van der Waals surface area contributed by atoms with Crippen molar-refractivity contribution in [1.29, 1.82) is 0 Å². The van der Waals surface area contributed by atoms with Crippen LogP contribution >= 0.6 is 0 Å². The first-order valence-electron chi connectivity index (χ1n) is 6.42. The number of halogens is 1. The maximum absolute atomic E-state index is 13.6. The van der Waals surface area contributed by atoms with E-state index in [9.17, 15) is 17.9 Å². The van der Waals surface area contributed by atoms with Crippen LogP contribution in [0.15, 0.2) is 17.0 Å². The molecule has 4 N–H and O–H groups in total. The lowest BCUT2D eigenvalue weighted by Gasteiger charge is -2.30. The lowest BCUT2D eigenvalue weighted by molar-refractivity contribution is 0.172. The Kier molecular flexibility index (Phi) is 5.12. The van der Waals surface area contributed by atoms with Gasteiger partial charge in [0.2, 0.25) is 10.0 Å². The third kappa shape index (κ3) is 3.28. The number of benzene rings is 1. The van der Waals surface area contributed by atoms with Gasteiger partial charge in [0.05, 0.1) is 17.0 Å². The Morgan fingerprint density at radius 3 is 2.30 bits per heavy atom. The highest BCUT2D eigenvalue weighted by Gasteiger charge is 2.32.